The van der Waals surface area contributed by atoms with Gasteiger partial charge in [-0.3, -0.25) is 0 Å². The largest absolute Gasteiger partial charge is 0.362 e. The van der Waals surface area contributed by atoms with Crippen molar-refractivity contribution in [3.63, 3.8) is 0 Å². The fourth-order valence-electron chi connectivity index (χ4n) is 2.82. The average molecular weight is 232 g/mol. The molecule has 0 saturated carbocycles. The molecule has 2 rings (SSSR count). The lowest BCUT2D eigenvalue weighted by atomic mass is 9.96. The second kappa shape index (κ2) is 4.69. The first kappa shape index (κ1) is 12.4. The van der Waals surface area contributed by atoms with Crippen molar-refractivity contribution in [2.45, 2.75) is 45.7 Å². The summed E-state index contributed by atoms with van der Waals surface area (Å²) in [4.78, 5) is 2.56. The molecule has 1 aromatic carbocycles. The van der Waals surface area contributed by atoms with Gasteiger partial charge in [0.2, 0.25) is 0 Å². The van der Waals surface area contributed by atoms with Gasteiger partial charge in [0.15, 0.2) is 0 Å². The minimum atomic E-state index is 0.220. The van der Waals surface area contributed by atoms with E-state index in [1.54, 1.807) is 0 Å². The predicted octanol–water partition coefficient (Wildman–Crippen LogP) is 2.96. The molecule has 1 unspecified atom stereocenters. The number of hydrogen-bond acceptors (Lipinski definition) is 2. The van der Waals surface area contributed by atoms with Crippen molar-refractivity contribution in [1.82, 2.24) is 5.32 Å². The SMILES string of the molecule is Cc1ccc(N2C(C)CNCCC2(C)C)cc1. The van der Waals surface area contributed by atoms with Gasteiger partial charge < -0.3 is 10.2 Å². The van der Waals surface area contributed by atoms with E-state index in [1.165, 1.54) is 17.7 Å². The van der Waals surface area contributed by atoms with Crippen LogP contribution >= 0.6 is 0 Å². The zero-order valence-corrected chi connectivity index (χ0v) is 11.5. The van der Waals surface area contributed by atoms with Crippen LogP contribution in [-0.2, 0) is 0 Å². The molecular formula is C15H24N2. The van der Waals surface area contributed by atoms with Crippen LogP contribution in [-0.4, -0.2) is 24.7 Å². The summed E-state index contributed by atoms with van der Waals surface area (Å²) in [6.45, 7) is 11.3. The summed E-state index contributed by atoms with van der Waals surface area (Å²) in [5.74, 6) is 0. The van der Waals surface area contributed by atoms with Crippen LogP contribution in [0.3, 0.4) is 0 Å². The van der Waals surface area contributed by atoms with E-state index in [4.69, 9.17) is 0 Å². The van der Waals surface area contributed by atoms with E-state index >= 15 is 0 Å². The van der Waals surface area contributed by atoms with Gasteiger partial charge in [-0.05, 0) is 52.8 Å². The molecule has 2 heteroatoms. The summed E-state index contributed by atoms with van der Waals surface area (Å²) >= 11 is 0. The van der Waals surface area contributed by atoms with E-state index in [0.717, 1.165) is 13.1 Å². The van der Waals surface area contributed by atoms with Gasteiger partial charge in [-0.15, -0.1) is 0 Å². The quantitative estimate of drug-likeness (QED) is 0.801. The number of aryl methyl sites for hydroxylation is 1. The maximum absolute atomic E-state index is 3.52. The Morgan fingerprint density at radius 1 is 1.24 bits per heavy atom. The summed E-state index contributed by atoms with van der Waals surface area (Å²) in [5.41, 5.74) is 2.89. The molecule has 0 radical (unpaired) electrons. The smallest absolute Gasteiger partial charge is 0.0391 e. The average Bonchev–Trinajstić information content (AvgIpc) is 2.39. The molecule has 1 aromatic rings. The molecule has 94 valence electrons. The highest BCUT2D eigenvalue weighted by atomic mass is 15.2. The monoisotopic (exact) mass is 232 g/mol. The van der Waals surface area contributed by atoms with Crippen LogP contribution < -0.4 is 10.2 Å². The molecule has 1 aliphatic rings. The van der Waals surface area contributed by atoms with E-state index in [0.29, 0.717) is 6.04 Å². The summed E-state index contributed by atoms with van der Waals surface area (Å²) in [6.07, 6.45) is 1.19. The molecule has 0 aliphatic carbocycles. The lowest BCUT2D eigenvalue weighted by Crippen LogP contribution is -2.49. The molecule has 0 spiro atoms. The van der Waals surface area contributed by atoms with Gasteiger partial charge in [0.1, 0.15) is 0 Å². The first-order valence-electron chi connectivity index (χ1n) is 6.57. The Labute approximate surface area is 105 Å². The van der Waals surface area contributed by atoms with Crippen molar-refractivity contribution in [2.24, 2.45) is 0 Å². The highest BCUT2D eigenvalue weighted by Crippen LogP contribution is 2.30. The van der Waals surface area contributed by atoms with Gasteiger partial charge in [0.05, 0.1) is 0 Å². The van der Waals surface area contributed by atoms with E-state index in [9.17, 15) is 0 Å². The summed E-state index contributed by atoms with van der Waals surface area (Å²) in [6, 6.07) is 9.44. The molecule has 1 N–H and O–H groups in total. The van der Waals surface area contributed by atoms with Gasteiger partial charge >= 0.3 is 0 Å². The van der Waals surface area contributed by atoms with Crippen LogP contribution in [0.4, 0.5) is 5.69 Å². The zero-order chi connectivity index (χ0) is 12.5. The second-order valence-corrected chi connectivity index (χ2v) is 5.82. The van der Waals surface area contributed by atoms with Crippen LogP contribution in [0.2, 0.25) is 0 Å². The minimum absolute atomic E-state index is 0.220. The Morgan fingerprint density at radius 3 is 2.53 bits per heavy atom. The fourth-order valence-corrected chi connectivity index (χ4v) is 2.82. The highest BCUT2D eigenvalue weighted by molar-refractivity contribution is 5.51. The van der Waals surface area contributed by atoms with Gasteiger partial charge in [0.25, 0.3) is 0 Å². The van der Waals surface area contributed by atoms with Crippen molar-refractivity contribution < 1.29 is 0 Å². The highest BCUT2D eigenvalue weighted by Gasteiger charge is 2.32. The Morgan fingerprint density at radius 2 is 1.88 bits per heavy atom. The summed E-state index contributed by atoms with van der Waals surface area (Å²) in [5, 5.41) is 3.52. The Kier molecular flexibility index (Phi) is 3.43. The number of rotatable bonds is 1. The van der Waals surface area contributed by atoms with E-state index in [2.05, 4.69) is 62.2 Å². The van der Waals surface area contributed by atoms with Gasteiger partial charge in [-0.1, -0.05) is 17.7 Å². The lowest BCUT2D eigenvalue weighted by Gasteiger charge is -2.42. The molecule has 0 aromatic heterocycles. The number of benzene rings is 1. The molecule has 1 saturated heterocycles. The van der Waals surface area contributed by atoms with Crippen LogP contribution in [0.1, 0.15) is 32.8 Å². The van der Waals surface area contributed by atoms with Crippen LogP contribution in [0.5, 0.6) is 0 Å². The molecule has 1 fully saturated rings. The third kappa shape index (κ3) is 2.63. The van der Waals surface area contributed by atoms with Crippen molar-refractivity contribution in [3.05, 3.63) is 29.8 Å². The maximum Gasteiger partial charge on any atom is 0.0391 e. The Bertz CT molecular complexity index is 367. The van der Waals surface area contributed by atoms with Crippen molar-refractivity contribution in [2.75, 3.05) is 18.0 Å². The van der Waals surface area contributed by atoms with Crippen molar-refractivity contribution in [3.8, 4) is 0 Å². The molecule has 0 amide bonds. The molecule has 0 bridgehead atoms. The van der Waals surface area contributed by atoms with Gasteiger partial charge in [-0.25, -0.2) is 0 Å². The molecule has 1 aliphatic heterocycles. The molecular weight excluding hydrogens is 208 g/mol. The zero-order valence-electron chi connectivity index (χ0n) is 11.5. The van der Waals surface area contributed by atoms with Crippen molar-refractivity contribution >= 4 is 5.69 Å². The van der Waals surface area contributed by atoms with E-state index in [-0.39, 0.29) is 5.54 Å². The first-order valence-corrected chi connectivity index (χ1v) is 6.57. The topological polar surface area (TPSA) is 15.3 Å². The summed E-state index contributed by atoms with van der Waals surface area (Å²) < 4.78 is 0. The van der Waals surface area contributed by atoms with Crippen LogP contribution in [0.15, 0.2) is 24.3 Å². The van der Waals surface area contributed by atoms with Crippen LogP contribution in [0.25, 0.3) is 0 Å². The van der Waals surface area contributed by atoms with Crippen LogP contribution in [0, 0.1) is 6.92 Å². The number of hydrogen-bond donors (Lipinski definition) is 1. The number of nitrogens with one attached hydrogen (secondary N) is 1. The van der Waals surface area contributed by atoms with E-state index in [1.807, 2.05) is 0 Å². The first-order chi connectivity index (χ1) is 8.00. The number of anilines is 1. The lowest BCUT2D eigenvalue weighted by molar-refractivity contribution is 0.426. The Hall–Kier alpha value is -1.02. The normalized spacial score (nSPS) is 24.5. The predicted molar refractivity (Wildman–Crippen MR) is 74.7 cm³/mol. The van der Waals surface area contributed by atoms with Gasteiger partial charge in [-0.2, -0.15) is 0 Å². The number of nitrogens with zero attached hydrogens (tertiary/aromatic N) is 1. The molecule has 2 nitrogen and oxygen atoms in total. The standard InChI is InChI=1S/C15H24N2/c1-12-5-7-14(8-6-12)17-13(2)11-16-10-9-15(17,3)4/h5-8,13,16H,9-11H2,1-4H3. The Balaban J connectivity index is 2.34. The van der Waals surface area contributed by atoms with E-state index < -0.39 is 0 Å². The molecule has 1 atom stereocenters. The van der Waals surface area contributed by atoms with Crippen molar-refractivity contribution in [1.29, 1.82) is 0 Å². The minimum Gasteiger partial charge on any atom is -0.362 e. The third-order valence-electron chi connectivity index (χ3n) is 3.76. The molecule has 1 heterocycles. The molecule has 17 heavy (non-hydrogen) atoms. The van der Waals surface area contributed by atoms with Gasteiger partial charge in [0, 0.05) is 23.8 Å². The third-order valence-corrected chi connectivity index (χ3v) is 3.76. The second-order valence-electron chi connectivity index (χ2n) is 5.82. The fraction of sp³-hybridized carbons (Fsp3) is 0.600. The summed E-state index contributed by atoms with van der Waals surface area (Å²) in [7, 11) is 0. The maximum atomic E-state index is 3.52.